The largest absolute Gasteiger partial charge is 0.300 e. The summed E-state index contributed by atoms with van der Waals surface area (Å²) in [5.41, 5.74) is 0. The summed E-state index contributed by atoms with van der Waals surface area (Å²) >= 11 is 0. The van der Waals surface area contributed by atoms with Gasteiger partial charge in [-0.15, -0.1) is 0 Å². The number of carbonyl (C=O) groups excluding carboxylic acids is 1. The van der Waals surface area contributed by atoms with E-state index >= 15 is 0 Å². The number of ketones is 1. The minimum atomic E-state index is -0.793. The third-order valence-electron chi connectivity index (χ3n) is 3.66. The van der Waals surface area contributed by atoms with Crippen molar-refractivity contribution in [2.75, 3.05) is 0 Å². The first-order valence-corrected chi connectivity index (χ1v) is 12.2. The lowest BCUT2D eigenvalue weighted by molar-refractivity contribution is -0.119. The second-order valence-corrected chi connectivity index (χ2v) is 12.8. The lowest BCUT2D eigenvalue weighted by Gasteiger charge is -2.14. The molecule has 0 unspecified atom stereocenters. The van der Waals surface area contributed by atoms with Crippen LogP contribution in [0.4, 0.5) is 0 Å². The third-order valence-corrected chi connectivity index (χ3v) is 5.51. The van der Waals surface area contributed by atoms with Crippen molar-refractivity contribution >= 4 is 13.9 Å². The number of Topliss-reactive ketones (excluding diaryl/α,β-unsaturated/α-hetero) is 1. The van der Waals surface area contributed by atoms with Crippen molar-refractivity contribution in [1.82, 2.24) is 0 Å². The molecular formula is C17H36OSi. The number of hydrogen-bond acceptors (Lipinski definition) is 1. The van der Waals surface area contributed by atoms with E-state index in [2.05, 4.69) is 26.6 Å². The van der Waals surface area contributed by atoms with Gasteiger partial charge >= 0.3 is 0 Å². The Morgan fingerprint density at radius 1 is 0.737 bits per heavy atom. The van der Waals surface area contributed by atoms with Crippen LogP contribution in [0.3, 0.4) is 0 Å². The van der Waals surface area contributed by atoms with E-state index in [1.807, 2.05) is 0 Å². The molecule has 0 aliphatic heterocycles. The van der Waals surface area contributed by atoms with E-state index in [1.165, 1.54) is 51.0 Å². The minimum Gasteiger partial charge on any atom is -0.300 e. The molecule has 0 aromatic heterocycles. The average molecular weight is 285 g/mol. The van der Waals surface area contributed by atoms with Crippen LogP contribution in [-0.2, 0) is 4.79 Å². The van der Waals surface area contributed by atoms with Crippen LogP contribution < -0.4 is 0 Å². The van der Waals surface area contributed by atoms with Gasteiger partial charge in [0.1, 0.15) is 5.78 Å². The highest BCUT2D eigenvalue weighted by Crippen LogP contribution is 2.16. The fourth-order valence-corrected chi connectivity index (χ4v) is 3.75. The molecule has 0 heterocycles. The first kappa shape index (κ1) is 18.9. The molecule has 0 bridgehead atoms. The fourth-order valence-electron chi connectivity index (χ4n) is 2.44. The van der Waals surface area contributed by atoms with Crippen molar-refractivity contribution in [2.45, 2.75) is 103 Å². The lowest BCUT2D eigenvalue weighted by Crippen LogP contribution is -2.18. The number of hydrogen-bond donors (Lipinski definition) is 0. The predicted octanol–water partition coefficient (Wildman–Crippen LogP) is 6.20. The van der Waals surface area contributed by atoms with Gasteiger partial charge in [0, 0.05) is 20.9 Å². The fraction of sp³-hybridized carbons (Fsp3) is 0.941. The van der Waals surface area contributed by atoms with Gasteiger partial charge in [-0.3, -0.25) is 4.79 Å². The summed E-state index contributed by atoms with van der Waals surface area (Å²) in [5.74, 6) is 0.467. The molecule has 0 aliphatic carbocycles. The number of rotatable bonds is 13. The molecule has 0 amide bonds. The Morgan fingerprint density at radius 3 is 1.68 bits per heavy atom. The van der Waals surface area contributed by atoms with Gasteiger partial charge in [-0.05, 0) is 12.8 Å². The highest BCUT2D eigenvalue weighted by atomic mass is 28.3. The first-order chi connectivity index (χ1) is 8.95. The molecule has 0 spiro atoms. The van der Waals surface area contributed by atoms with Crippen LogP contribution in [0.1, 0.15) is 77.6 Å². The van der Waals surface area contributed by atoms with Crippen LogP contribution in [0.25, 0.3) is 0 Å². The molecule has 19 heavy (non-hydrogen) atoms. The Labute approximate surface area is 122 Å². The molecule has 0 fully saturated rings. The van der Waals surface area contributed by atoms with Crippen molar-refractivity contribution in [3.05, 3.63) is 0 Å². The Hall–Kier alpha value is -0.113. The van der Waals surface area contributed by atoms with E-state index < -0.39 is 8.07 Å². The van der Waals surface area contributed by atoms with Crippen LogP contribution in [0.15, 0.2) is 0 Å². The third kappa shape index (κ3) is 15.8. The molecule has 0 radical (unpaired) electrons. The molecule has 0 saturated heterocycles. The summed E-state index contributed by atoms with van der Waals surface area (Å²) in [4.78, 5) is 11.3. The zero-order valence-electron chi connectivity index (χ0n) is 13.9. The Bertz CT molecular complexity index is 218. The maximum absolute atomic E-state index is 11.3. The Morgan fingerprint density at radius 2 is 1.21 bits per heavy atom. The summed E-state index contributed by atoms with van der Waals surface area (Å²) in [6, 6.07) is 1.49. The van der Waals surface area contributed by atoms with Gasteiger partial charge in [-0.1, -0.05) is 77.6 Å². The van der Waals surface area contributed by atoms with E-state index in [0.29, 0.717) is 5.78 Å². The number of unbranched alkanes of at least 4 members (excludes halogenated alkanes) is 7. The molecule has 0 saturated carbocycles. The summed E-state index contributed by atoms with van der Waals surface area (Å²) in [6.45, 7) is 9.48. The lowest BCUT2D eigenvalue weighted by atomic mass is 10.0. The summed E-state index contributed by atoms with van der Waals surface area (Å²) in [5, 5.41) is 0. The number of carbonyl (C=O) groups is 1. The van der Waals surface area contributed by atoms with Gasteiger partial charge in [0.2, 0.25) is 0 Å². The summed E-state index contributed by atoms with van der Waals surface area (Å²) < 4.78 is 0. The molecule has 0 rings (SSSR count). The van der Waals surface area contributed by atoms with Crippen molar-refractivity contribution in [3.8, 4) is 0 Å². The van der Waals surface area contributed by atoms with Crippen LogP contribution >= 0.6 is 0 Å². The molecule has 0 aromatic rings. The van der Waals surface area contributed by atoms with Gasteiger partial charge < -0.3 is 0 Å². The van der Waals surface area contributed by atoms with Gasteiger partial charge in [0.25, 0.3) is 0 Å². The van der Waals surface area contributed by atoms with E-state index in [-0.39, 0.29) is 0 Å². The standard InChI is InChI=1S/C17H36OSi/c1-5-14-17(18)15-12-10-8-6-7-9-11-13-16-19(2,3)4/h5-16H2,1-4H3. The van der Waals surface area contributed by atoms with Crippen molar-refractivity contribution in [3.63, 3.8) is 0 Å². The average Bonchev–Trinajstić information content (AvgIpc) is 2.30. The maximum Gasteiger partial charge on any atom is 0.132 e. The summed E-state index contributed by atoms with van der Waals surface area (Å²) in [7, 11) is -0.793. The van der Waals surface area contributed by atoms with Gasteiger partial charge in [-0.2, -0.15) is 0 Å². The molecule has 0 aliphatic rings. The highest BCUT2D eigenvalue weighted by molar-refractivity contribution is 6.76. The molecule has 0 atom stereocenters. The smallest absolute Gasteiger partial charge is 0.132 e. The van der Waals surface area contributed by atoms with Crippen molar-refractivity contribution < 1.29 is 4.79 Å². The normalized spacial score (nSPS) is 11.8. The predicted molar refractivity (Wildman–Crippen MR) is 89.6 cm³/mol. The molecule has 114 valence electrons. The zero-order chi connectivity index (χ0) is 14.6. The van der Waals surface area contributed by atoms with Crippen LogP contribution in [0.2, 0.25) is 25.7 Å². The highest BCUT2D eigenvalue weighted by Gasteiger charge is 2.11. The maximum atomic E-state index is 11.3. The van der Waals surface area contributed by atoms with E-state index in [1.54, 1.807) is 0 Å². The van der Waals surface area contributed by atoms with Crippen molar-refractivity contribution in [1.29, 1.82) is 0 Å². The van der Waals surface area contributed by atoms with Gasteiger partial charge in [0.05, 0.1) is 0 Å². The van der Waals surface area contributed by atoms with Gasteiger partial charge in [-0.25, -0.2) is 0 Å². The van der Waals surface area contributed by atoms with E-state index in [9.17, 15) is 4.79 Å². The molecule has 0 N–H and O–H groups in total. The molecule has 1 nitrogen and oxygen atoms in total. The first-order valence-electron chi connectivity index (χ1n) is 8.47. The Balaban J connectivity index is 3.13. The minimum absolute atomic E-state index is 0.467. The van der Waals surface area contributed by atoms with E-state index in [4.69, 9.17) is 0 Å². The van der Waals surface area contributed by atoms with Crippen LogP contribution in [0, 0.1) is 0 Å². The van der Waals surface area contributed by atoms with E-state index in [0.717, 1.165) is 25.7 Å². The zero-order valence-corrected chi connectivity index (χ0v) is 14.9. The monoisotopic (exact) mass is 284 g/mol. The second kappa shape index (κ2) is 11.7. The second-order valence-electron chi connectivity index (χ2n) is 7.18. The van der Waals surface area contributed by atoms with Crippen LogP contribution in [-0.4, -0.2) is 13.9 Å². The molecule has 2 heteroatoms. The SMILES string of the molecule is CCCC(=O)CCCCCCCCCC[Si](C)(C)C. The van der Waals surface area contributed by atoms with Gasteiger partial charge in [0.15, 0.2) is 0 Å². The quantitative estimate of drug-likeness (QED) is 0.290. The van der Waals surface area contributed by atoms with Crippen LogP contribution in [0.5, 0.6) is 0 Å². The topological polar surface area (TPSA) is 17.1 Å². The van der Waals surface area contributed by atoms with Crippen molar-refractivity contribution in [2.24, 2.45) is 0 Å². The summed E-state index contributed by atoms with van der Waals surface area (Å²) in [6.07, 6.45) is 13.4. The Kier molecular flexibility index (Phi) is 11.6. The molecule has 0 aromatic carbocycles. The molecular weight excluding hydrogens is 248 g/mol.